The quantitative estimate of drug-likeness (QED) is 0.0820. The van der Waals surface area contributed by atoms with E-state index in [2.05, 4.69) is 66.8 Å². The molecule has 4 aliphatic rings. The van der Waals surface area contributed by atoms with Gasteiger partial charge in [-0.1, -0.05) is 114 Å². The van der Waals surface area contributed by atoms with Crippen LogP contribution in [0.4, 0.5) is 0 Å². The van der Waals surface area contributed by atoms with E-state index in [-0.39, 0.29) is 35.7 Å². The number of rotatable bonds is 8. The van der Waals surface area contributed by atoms with Crippen LogP contribution in [-0.2, 0) is 42.9 Å². The Kier molecular flexibility index (Phi) is 30.0. The summed E-state index contributed by atoms with van der Waals surface area (Å²) in [5.41, 5.74) is 2.18. The number of fused-ring (bicyclic) bond motifs is 3. The number of esters is 2. The number of hydrogen-bond acceptors (Lipinski definition) is 10. The molecule has 356 valence electrons. The van der Waals surface area contributed by atoms with Gasteiger partial charge in [-0.15, -0.1) is 6.58 Å². The van der Waals surface area contributed by atoms with Gasteiger partial charge in [0.2, 0.25) is 5.78 Å². The fraction of sp³-hybridized carbons (Fsp3) is 0.780. The molecule has 11 nitrogen and oxygen atoms in total. The highest BCUT2D eigenvalue weighted by molar-refractivity contribution is 14.1. The van der Waals surface area contributed by atoms with Crippen LogP contribution in [0.2, 0.25) is 0 Å². The van der Waals surface area contributed by atoms with Gasteiger partial charge in [-0.2, -0.15) is 0 Å². The minimum absolute atomic E-state index is 0.108. The maximum atomic E-state index is 14.1. The fourth-order valence-electron chi connectivity index (χ4n) is 9.07. The number of ketones is 2. The first-order chi connectivity index (χ1) is 29.7. The predicted molar refractivity (Wildman–Crippen MR) is 256 cm³/mol. The molecule has 3 heterocycles. The molecule has 1 aliphatic carbocycles. The molecule has 12 heteroatoms. The number of methoxy groups -OCH3 is 1. The van der Waals surface area contributed by atoms with Gasteiger partial charge in [-0.25, -0.2) is 9.59 Å². The zero-order chi connectivity index (χ0) is 46.8. The second-order valence-corrected chi connectivity index (χ2v) is 18.3. The van der Waals surface area contributed by atoms with E-state index in [9.17, 15) is 24.0 Å². The van der Waals surface area contributed by atoms with Crippen LogP contribution in [0, 0.1) is 29.6 Å². The molecule has 0 aromatic carbocycles. The van der Waals surface area contributed by atoms with Crippen LogP contribution in [-0.4, -0.2) is 101 Å². The van der Waals surface area contributed by atoms with Crippen LogP contribution in [0.5, 0.6) is 0 Å². The largest absolute Gasteiger partial charge is 0.463 e. The highest BCUT2D eigenvalue weighted by Gasteiger charge is 2.45. The Morgan fingerprint density at radius 2 is 1.61 bits per heavy atom. The lowest BCUT2D eigenvalue weighted by molar-refractivity contribution is -0.178. The van der Waals surface area contributed by atoms with Crippen LogP contribution >= 0.6 is 22.6 Å². The van der Waals surface area contributed by atoms with E-state index in [1.54, 1.807) is 7.11 Å². The summed E-state index contributed by atoms with van der Waals surface area (Å²) in [4.78, 5) is 67.3. The topological polar surface area (TPSA) is 146 Å². The number of allylic oxidation sites excluding steroid dienone is 4. The van der Waals surface area contributed by atoms with Crippen LogP contribution in [0.25, 0.3) is 0 Å². The predicted octanol–water partition coefficient (Wildman–Crippen LogP) is 10.1. The number of ether oxygens (including phenoxy) is 4. The van der Waals surface area contributed by atoms with Gasteiger partial charge in [0.15, 0.2) is 0 Å². The third-order valence-electron chi connectivity index (χ3n) is 12.3. The van der Waals surface area contributed by atoms with Crippen molar-refractivity contribution in [1.29, 1.82) is 0 Å². The summed E-state index contributed by atoms with van der Waals surface area (Å²) in [6, 6.07) is -0.833. The number of carbonyl (C=O) groups excluding carboxylic acids is 5. The molecule has 1 N–H and O–H groups in total. The molecule has 0 aromatic rings. The maximum absolute atomic E-state index is 14.1. The molecular weight excluding hydrogens is 901 g/mol. The van der Waals surface area contributed by atoms with E-state index in [1.165, 1.54) is 29.7 Å². The molecule has 9 atom stereocenters. The Hall–Kier alpha value is -2.42. The first kappa shape index (κ1) is 57.6. The number of carbonyl (C=O) groups is 5. The molecular formula is C50H84INO10. The number of alkyl halides is 1. The summed E-state index contributed by atoms with van der Waals surface area (Å²) in [5, 5.41) is 8.08. The van der Waals surface area contributed by atoms with Gasteiger partial charge in [0, 0.05) is 30.4 Å². The van der Waals surface area contributed by atoms with E-state index >= 15 is 0 Å². The first-order valence-corrected chi connectivity index (χ1v) is 25.3. The normalized spacial score (nSPS) is 30.7. The van der Waals surface area contributed by atoms with Crippen molar-refractivity contribution in [2.45, 2.75) is 189 Å². The van der Waals surface area contributed by atoms with Crippen molar-refractivity contribution in [2.75, 3.05) is 31.3 Å². The molecule has 3 aliphatic heterocycles. The zero-order valence-electron chi connectivity index (χ0n) is 40.1. The van der Waals surface area contributed by atoms with Crippen molar-refractivity contribution < 1.29 is 48.0 Å². The molecule has 62 heavy (non-hydrogen) atoms. The van der Waals surface area contributed by atoms with Crippen molar-refractivity contribution in [2.24, 2.45) is 29.6 Å². The van der Waals surface area contributed by atoms with Crippen molar-refractivity contribution in [3.05, 3.63) is 36.0 Å². The van der Waals surface area contributed by atoms with Gasteiger partial charge in [-0.3, -0.25) is 14.4 Å². The van der Waals surface area contributed by atoms with E-state index in [0.717, 1.165) is 48.5 Å². The van der Waals surface area contributed by atoms with Crippen LogP contribution in [0.15, 0.2) is 36.0 Å². The van der Waals surface area contributed by atoms with Crippen LogP contribution in [0.3, 0.4) is 0 Å². The summed E-state index contributed by atoms with van der Waals surface area (Å²) in [6.45, 7) is 22.5. The molecule has 0 spiro atoms. The van der Waals surface area contributed by atoms with Crippen molar-refractivity contribution in [3.63, 3.8) is 0 Å². The summed E-state index contributed by atoms with van der Waals surface area (Å²) in [6.07, 6.45) is 16.7. The minimum Gasteiger partial charge on any atom is -0.463 e. The lowest BCUT2D eigenvalue weighted by atomic mass is 9.84. The maximum Gasteiger partial charge on any atom is 0.331 e. The molecule has 3 fully saturated rings. The standard InChI is InChI=1S/C42H65NO7.C4H7IO3.2C2H6/c1-8-14-33-24-28(3)23-27(2)18-21-36-37(48-7)26-31(6)40(49-36)38(45)41(46)43-22-13-12-17-34(43)42(47)50-39(29(4)19-20-35(33)44)30(5)25-32-15-10-9-11-16-32;5-1-2-8-4(7)3-6;2*1-2/h8,24-25,27,29,31-34,36-37,39-40H,1,9-23,26H2,2-7H3;6H,1-3H2;2*1-2H3/b28-24+,30-25+;;;/t27-,29-,31?,33?,34?,36?,37+,39?,40?;;;/m1.../s1. The third kappa shape index (κ3) is 19.4. The van der Waals surface area contributed by atoms with Crippen LogP contribution in [0.1, 0.15) is 159 Å². The number of amides is 1. The lowest BCUT2D eigenvalue weighted by Crippen LogP contribution is -2.56. The second-order valence-electron chi connectivity index (χ2n) is 17.2. The number of piperidine rings is 1. The third-order valence-corrected chi connectivity index (χ3v) is 12.7. The fourth-order valence-corrected chi connectivity index (χ4v) is 9.29. The highest BCUT2D eigenvalue weighted by Crippen LogP contribution is 2.34. The number of halogens is 1. The number of aliphatic hydroxyl groups excluding tert-OH is 1. The lowest BCUT2D eigenvalue weighted by Gasteiger charge is -2.41. The van der Waals surface area contributed by atoms with Gasteiger partial charge in [0.05, 0.1) is 12.2 Å². The number of Topliss-reactive ketones (excluding diaryl/α,β-unsaturated/α-hetero) is 2. The Bertz CT molecular complexity index is 1420. The smallest absolute Gasteiger partial charge is 0.331 e. The average molecular weight is 986 g/mol. The summed E-state index contributed by atoms with van der Waals surface area (Å²) >= 11 is 2.08. The molecule has 1 amide bonds. The molecule has 6 unspecified atom stereocenters. The van der Waals surface area contributed by atoms with Crippen molar-refractivity contribution >= 4 is 52.0 Å². The van der Waals surface area contributed by atoms with Crippen molar-refractivity contribution in [1.82, 2.24) is 4.90 Å². The molecule has 2 saturated heterocycles. The number of nitrogens with zero attached hydrogens (tertiary/aromatic N) is 1. The average Bonchev–Trinajstić information content (AvgIpc) is 3.29. The highest BCUT2D eigenvalue weighted by atomic mass is 127. The van der Waals surface area contributed by atoms with E-state index in [1.807, 2.05) is 47.6 Å². The summed E-state index contributed by atoms with van der Waals surface area (Å²) in [7, 11) is 1.67. The van der Waals surface area contributed by atoms with Gasteiger partial charge < -0.3 is 29.0 Å². The van der Waals surface area contributed by atoms with E-state index in [0.29, 0.717) is 63.5 Å². The Balaban J connectivity index is 0.00000142. The van der Waals surface area contributed by atoms with Crippen molar-refractivity contribution in [3.8, 4) is 0 Å². The Morgan fingerprint density at radius 3 is 2.23 bits per heavy atom. The monoisotopic (exact) mass is 986 g/mol. The Labute approximate surface area is 389 Å². The molecule has 2 bridgehead atoms. The molecule has 1 saturated carbocycles. The Morgan fingerprint density at radius 1 is 0.952 bits per heavy atom. The molecule has 0 radical (unpaired) electrons. The SMILES string of the molecule is C=CCC1/C=C(\C)C[C@H](C)CCC2OC(C(=O)C(=O)N3CCCCC3C(=O)OC(/C(C)=C/C3CCCCC3)[C@H](C)CCC1=O)C(C)C[C@@H]2OC.CC.CC.O=C(CO)OCCI. The van der Waals surface area contributed by atoms with Crippen LogP contribution < -0.4 is 0 Å². The van der Waals surface area contributed by atoms with Gasteiger partial charge >= 0.3 is 11.9 Å². The summed E-state index contributed by atoms with van der Waals surface area (Å²) in [5.74, 6) is -1.87. The number of cyclic esters (lactones) is 1. The summed E-state index contributed by atoms with van der Waals surface area (Å²) < 4.78 is 23.9. The molecule has 0 aromatic heterocycles. The number of aliphatic hydroxyl groups is 1. The number of hydrogen-bond donors (Lipinski definition) is 1. The second kappa shape index (κ2) is 32.3. The first-order valence-electron chi connectivity index (χ1n) is 23.8. The molecule has 4 rings (SSSR count). The van der Waals surface area contributed by atoms with E-state index < -0.39 is 48.5 Å². The van der Waals surface area contributed by atoms with E-state index in [4.69, 9.17) is 19.3 Å². The zero-order valence-corrected chi connectivity index (χ0v) is 42.3. The van der Waals surface area contributed by atoms with Gasteiger partial charge in [-0.05, 0) is 114 Å². The van der Waals surface area contributed by atoms with Gasteiger partial charge in [0.25, 0.3) is 5.91 Å². The van der Waals surface area contributed by atoms with Gasteiger partial charge in [0.1, 0.15) is 37.2 Å². The minimum atomic E-state index is -0.886.